The molecule has 16 heavy (non-hydrogen) atoms. The van der Waals surface area contributed by atoms with Crippen molar-refractivity contribution >= 4 is 15.7 Å². The molecule has 0 unspecified atom stereocenters. The van der Waals surface area contributed by atoms with Gasteiger partial charge in [0.05, 0.1) is 4.90 Å². The van der Waals surface area contributed by atoms with E-state index in [9.17, 15) is 8.42 Å². The van der Waals surface area contributed by atoms with Gasteiger partial charge >= 0.3 is 0 Å². The summed E-state index contributed by atoms with van der Waals surface area (Å²) in [5.41, 5.74) is 1.18. The monoisotopic (exact) mass is 240 g/mol. The molecule has 0 bridgehead atoms. The molecule has 88 valence electrons. The Kier molecular flexibility index (Phi) is 2.67. The number of rotatable bonds is 4. The lowest BCUT2D eigenvalue weighted by molar-refractivity contribution is 0.588. The zero-order chi connectivity index (χ0) is 11.8. The van der Waals surface area contributed by atoms with Gasteiger partial charge in [0.1, 0.15) is 0 Å². The first-order valence-corrected chi connectivity index (χ1v) is 6.75. The van der Waals surface area contributed by atoms with Crippen molar-refractivity contribution in [2.45, 2.75) is 30.2 Å². The number of hydrogen-bond acceptors (Lipinski definition) is 3. The van der Waals surface area contributed by atoms with Crippen LogP contribution < -0.4 is 10.0 Å². The second-order valence-electron chi connectivity index (χ2n) is 4.42. The fraction of sp³-hybridized carbons (Fsp3) is 0.455. The molecule has 5 heteroatoms. The van der Waals surface area contributed by atoms with E-state index in [1.165, 1.54) is 19.9 Å². The maximum Gasteiger partial charge on any atom is 0.240 e. The molecule has 1 aliphatic rings. The van der Waals surface area contributed by atoms with Gasteiger partial charge in [-0.3, -0.25) is 0 Å². The third-order valence-electron chi connectivity index (χ3n) is 2.88. The van der Waals surface area contributed by atoms with Crippen LogP contribution in [0.15, 0.2) is 29.2 Å². The summed E-state index contributed by atoms with van der Waals surface area (Å²) in [6, 6.07) is 6.82. The fourth-order valence-corrected chi connectivity index (χ4v) is 2.23. The zero-order valence-electron chi connectivity index (χ0n) is 9.45. The van der Waals surface area contributed by atoms with Crippen LogP contribution in [0.4, 0.5) is 5.69 Å². The molecule has 1 aromatic carbocycles. The van der Waals surface area contributed by atoms with Crippen molar-refractivity contribution < 1.29 is 8.42 Å². The molecule has 1 aliphatic carbocycles. The Morgan fingerprint density at radius 3 is 2.19 bits per heavy atom. The predicted octanol–water partition coefficient (Wildman–Crippen LogP) is 1.56. The minimum absolute atomic E-state index is 0.212. The van der Waals surface area contributed by atoms with E-state index in [-0.39, 0.29) is 5.54 Å². The van der Waals surface area contributed by atoms with Crippen LogP contribution in [0.1, 0.15) is 19.8 Å². The molecule has 2 N–H and O–H groups in total. The minimum Gasteiger partial charge on any atom is -0.380 e. The van der Waals surface area contributed by atoms with Gasteiger partial charge < -0.3 is 5.32 Å². The summed E-state index contributed by atoms with van der Waals surface area (Å²) in [6.45, 7) is 2.16. The van der Waals surface area contributed by atoms with Gasteiger partial charge in [-0.2, -0.15) is 0 Å². The number of sulfonamides is 1. The SMILES string of the molecule is CNS(=O)(=O)c1ccc(NC2(C)CC2)cc1. The van der Waals surface area contributed by atoms with E-state index in [1.54, 1.807) is 24.3 Å². The number of benzene rings is 1. The first-order valence-electron chi connectivity index (χ1n) is 5.27. The van der Waals surface area contributed by atoms with Crippen LogP contribution in [0.25, 0.3) is 0 Å². The van der Waals surface area contributed by atoms with Gasteiger partial charge in [0.25, 0.3) is 0 Å². The van der Waals surface area contributed by atoms with Crippen LogP contribution in [0.5, 0.6) is 0 Å². The molecule has 2 rings (SSSR count). The molecular formula is C11H16N2O2S. The lowest BCUT2D eigenvalue weighted by atomic mass is 10.2. The Balaban J connectivity index is 2.16. The van der Waals surface area contributed by atoms with E-state index in [1.807, 2.05) is 0 Å². The normalized spacial score (nSPS) is 18.1. The molecule has 1 saturated carbocycles. The Morgan fingerprint density at radius 1 is 1.19 bits per heavy atom. The Hall–Kier alpha value is -1.07. The van der Waals surface area contributed by atoms with Crippen LogP contribution in [-0.4, -0.2) is 21.0 Å². The molecule has 0 aliphatic heterocycles. The van der Waals surface area contributed by atoms with Gasteiger partial charge in [-0.1, -0.05) is 0 Å². The number of nitrogens with one attached hydrogen (secondary N) is 2. The Bertz CT molecular complexity index is 475. The third-order valence-corrected chi connectivity index (χ3v) is 4.31. The lowest BCUT2D eigenvalue weighted by Crippen LogP contribution is -2.19. The molecular weight excluding hydrogens is 224 g/mol. The summed E-state index contributed by atoms with van der Waals surface area (Å²) < 4.78 is 25.2. The first kappa shape index (κ1) is 11.4. The van der Waals surface area contributed by atoms with Crippen molar-refractivity contribution in [2.24, 2.45) is 0 Å². The average Bonchev–Trinajstić information content (AvgIpc) is 2.97. The van der Waals surface area contributed by atoms with Crippen molar-refractivity contribution in [3.8, 4) is 0 Å². The lowest BCUT2D eigenvalue weighted by Gasteiger charge is -2.13. The van der Waals surface area contributed by atoms with Gasteiger partial charge in [-0.05, 0) is 51.1 Å². The highest BCUT2D eigenvalue weighted by Crippen LogP contribution is 2.38. The number of hydrogen-bond donors (Lipinski definition) is 2. The number of anilines is 1. The van der Waals surface area contributed by atoms with Crippen molar-refractivity contribution in [3.05, 3.63) is 24.3 Å². The zero-order valence-corrected chi connectivity index (χ0v) is 10.3. The maximum atomic E-state index is 11.5. The predicted molar refractivity (Wildman–Crippen MR) is 63.9 cm³/mol. The highest BCUT2D eigenvalue weighted by molar-refractivity contribution is 7.89. The van der Waals surface area contributed by atoms with Crippen LogP contribution >= 0.6 is 0 Å². The Labute approximate surface area is 96.1 Å². The molecule has 0 saturated heterocycles. The van der Waals surface area contributed by atoms with Crippen molar-refractivity contribution in [2.75, 3.05) is 12.4 Å². The van der Waals surface area contributed by atoms with E-state index in [2.05, 4.69) is 17.0 Å². The summed E-state index contributed by atoms with van der Waals surface area (Å²) >= 11 is 0. The molecule has 0 aromatic heterocycles. The average molecular weight is 240 g/mol. The molecule has 0 radical (unpaired) electrons. The van der Waals surface area contributed by atoms with Crippen LogP contribution in [0.3, 0.4) is 0 Å². The van der Waals surface area contributed by atoms with E-state index in [0.717, 1.165) is 5.69 Å². The van der Waals surface area contributed by atoms with Gasteiger partial charge in [0, 0.05) is 11.2 Å². The topological polar surface area (TPSA) is 58.2 Å². The standard InChI is InChI=1S/C11H16N2O2S/c1-11(7-8-11)13-9-3-5-10(6-4-9)16(14,15)12-2/h3-6,12-13H,7-8H2,1-2H3. The molecule has 4 nitrogen and oxygen atoms in total. The highest BCUT2D eigenvalue weighted by atomic mass is 32.2. The maximum absolute atomic E-state index is 11.5. The second kappa shape index (κ2) is 3.75. The molecule has 0 atom stereocenters. The van der Waals surface area contributed by atoms with E-state index in [4.69, 9.17) is 0 Å². The van der Waals surface area contributed by atoms with E-state index < -0.39 is 10.0 Å². The van der Waals surface area contributed by atoms with Crippen molar-refractivity contribution in [1.29, 1.82) is 0 Å². The molecule has 0 heterocycles. The Morgan fingerprint density at radius 2 is 1.75 bits per heavy atom. The summed E-state index contributed by atoms with van der Waals surface area (Å²) in [6.07, 6.45) is 2.34. The third kappa shape index (κ3) is 2.36. The second-order valence-corrected chi connectivity index (χ2v) is 6.30. The molecule has 1 aromatic rings. The first-order chi connectivity index (χ1) is 7.45. The molecule has 1 fully saturated rings. The quantitative estimate of drug-likeness (QED) is 0.839. The highest BCUT2D eigenvalue weighted by Gasteiger charge is 2.36. The largest absolute Gasteiger partial charge is 0.380 e. The smallest absolute Gasteiger partial charge is 0.240 e. The summed E-state index contributed by atoms with van der Waals surface area (Å²) in [5.74, 6) is 0. The van der Waals surface area contributed by atoms with Crippen LogP contribution in [-0.2, 0) is 10.0 Å². The van der Waals surface area contributed by atoms with Gasteiger partial charge in [0.15, 0.2) is 0 Å². The molecule has 0 amide bonds. The van der Waals surface area contributed by atoms with Gasteiger partial charge in [-0.25, -0.2) is 13.1 Å². The fourth-order valence-electron chi connectivity index (χ4n) is 1.50. The van der Waals surface area contributed by atoms with Gasteiger partial charge in [-0.15, -0.1) is 0 Å². The summed E-state index contributed by atoms with van der Waals surface area (Å²) in [4.78, 5) is 0.293. The summed E-state index contributed by atoms with van der Waals surface area (Å²) in [7, 11) is -1.91. The van der Waals surface area contributed by atoms with Crippen molar-refractivity contribution in [1.82, 2.24) is 4.72 Å². The van der Waals surface area contributed by atoms with E-state index >= 15 is 0 Å². The summed E-state index contributed by atoms with van der Waals surface area (Å²) in [5, 5.41) is 3.37. The van der Waals surface area contributed by atoms with E-state index in [0.29, 0.717) is 4.90 Å². The minimum atomic E-state index is -3.32. The van der Waals surface area contributed by atoms with Crippen LogP contribution in [0, 0.1) is 0 Å². The van der Waals surface area contributed by atoms with Crippen LogP contribution in [0.2, 0.25) is 0 Å². The van der Waals surface area contributed by atoms with Crippen molar-refractivity contribution in [3.63, 3.8) is 0 Å². The molecule has 0 spiro atoms. The van der Waals surface area contributed by atoms with Gasteiger partial charge in [0.2, 0.25) is 10.0 Å².